The molecule has 0 aliphatic heterocycles. The van der Waals surface area contributed by atoms with Gasteiger partial charge in [-0.2, -0.15) is 0 Å². The summed E-state index contributed by atoms with van der Waals surface area (Å²) in [7, 11) is 0. The summed E-state index contributed by atoms with van der Waals surface area (Å²) in [5, 5.41) is 0.275. The van der Waals surface area contributed by atoms with Gasteiger partial charge < -0.3 is 5.73 Å². The summed E-state index contributed by atoms with van der Waals surface area (Å²) in [6.07, 6.45) is -0.0134. The smallest absolute Gasteiger partial charge is 0.311 e. The quantitative estimate of drug-likeness (QED) is 0.249. The van der Waals surface area contributed by atoms with E-state index >= 15 is 0 Å². The first-order chi connectivity index (χ1) is 7.97. The molecule has 4 N–H and O–H groups in total. The van der Waals surface area contributed by atoms with E-state index in [0.717, 1.165) is 0 Å². The minimum atomic E-state index is -1.05. The highest BCUT2D eigenvalue weighted by molar-refractivity contribution is 6.38. The van der Waals surface area contributed by atoms with E-state index in [1.165, 1.54) is 25.1 Å². The maximum absolute atomic E-state index is 11.7. The molecule has 0 heterocycles. The van der Waals surface area contributed by atoms with Crippen LogP contribution in [0.4, 0.5) is 5.69 Å². The number of rotatable bonds is 3. The number of imide groups is 1. The molecule has 6 heteroatoms. The number of nitrogens with zero attached hydrogens (tertiary/aromatic N) is 1. The third-order valence-corrected chi connectivity index (χ3v) is 2.05. The number of Topliss-reactive ketones (excluding diaryl/α,β-unsaturated/α-hetero) is 1. The molecule has 0 aromatic heterocycles. The predicted octanol–water partition coefficient (Wildman–Crippen LogP) is -0.109. The normalized spacial score (nSPS) is 9.76. The second-order valence-electron chi connectivity index (χ2n) is 3.29. The molecular weight excluding hydrogens is 222 g/mol. The van der Waals surface area contributed by atoms with Crippen molar-refractivity contribution in [2.45, 2.75) is 13.3 Å². The molecule has 89 valence electrons. The zero-order valence-corrected chi connectivity index (χ0v) is 9.27. The number of carbonyl (C=O) groups excluding carboxylic acids is 3. The summed E-state index contributed by atoms with van der Waals surface area (Å²) < 4.78 is 0. The summed E-state index contributed by atoms with van der Waals surface area (Å²) in [5.41, 5.74) is 5.85. The van der Waals surface area contributed by atoms with Crippen LogP contribution in [0.2, 0.25) is 0 Å². The Kier molecular flexibility index (Phi) is 3.95. The Morgan fingerprint density at radius 2 is 2.06 bits per heavy atom. The van der Waals surface area contributed by atoms with E-state index in [0.29, 0.717) is 5.69 Å². The van der Waals surface area contributed by atoms with Crippen LogP contribution in [0.25, 0.3) is 0 Å². The van der Waals surface area contributed by atoms with E-state index in [1.54, 1.807) is 0 Å². The lowest BCUT2D eigenvalue weighted by Crippen LogP contribution is -2.46. The van der Waals surface area contributed by atoms with Crippen molar-refractivity contribution >= 4 is 23.3 Å². The van der Waals surface area contributed by atoms with Crippen molar-refractivity contribution in [3.63, 3.8) is 0 Å². The van der Waals surface area contributed by atoms with Crippen molar-refractivity contribution in [3.05, 3.63) is 29.8 Å². The van der Waals surface area contributed by atoms with E-state index in [2.05, 4.69) is 6.07 Å². The van der Waals surface area contributed by atoms with E-state index in [9.17, 15) is 14.4 Å². The Morgan fingerprint density at radius 1 is 1.41 bits per heavy atom. The molecule has 0 fully saturated rings. The third kappa shape index (κ3) is 2.88. The SMILES string of the molecule is CCC(=O)C(=O)N(N)C(=O)c1[c]ccc(N)c1. The highest BCUT2D eigenvalue weighted by Crippen LogP contribution is 2.08. The van der Waals surface area contributed by atoms with Gasteiger partial charge in [0.15, 0.2) is 0 Å². The van der Waals surface area contributed by atoms with E-state index in [-0.39, 0.29) is 17.0 Å². The first kappa shape index (κ1) is 12.9. The Labute approximate surface area is 98.2 Å². The number of nitrogen functional groups attached to an aromatic ring is 1. The predicted molar refractivity (Wildman–Crippen MR) is 60.4 cm³/mol. The van der Waals surface area contributed by atoms with Crippen molar-refractivity contribution in [1.29, 1.82) is 0 Å². The zero-order valence-electron chi connectivity index (χ0n) is 9.27. The van der Waals surface area contributed by atoms with Gasteiger partial charge in [0, 0.05) is 12.1 Å². The number of anilines is 1. The zero-order chi connectivity index (χ0) is 13.0. The molecule has 17 heavy (non-hydrogen) atoms. The average Bonchev–Trinajstić information content (AvgIpc) is 2.35. The number of ketones is 1. The van der Waals surface area contributed by atoms with Crippen LogP contribution in [0.15, 0.2) is 18.2 Å². The molecule has 0 aliphatic rings. The van der Waals surface area contributed by atoms with Gasteiger partial charge in [0.25, 0.3) is 5.91 Å². The number of carbonyl (C=O) groups is 3. The minimum absolute atomic E-state index is 0.0134. The third-order valence-electron chi connectivity index (χ3n) is 2.05. The van der Waals surface area contributed by atoms with Crippen molar-refractivity contribution in [2.75, 3.05) is 5.73 Å². The molecule has 0 saturated heterocycles. The van der Waals surface area contributed by atoms with Gasteiger partial charge in [0.2, 0.25) is 5.78 Å². The molecule has 0 atom stereocenters. The van der Waals surface area contributed by atoms with Crippen LogP contribution in [0.5, 0.6) is 0 Å². The molecular formula is C11H12N3O3. The van der Waals surface area contributed by atoms with Gasteiger partial charge in [0.1, 0.15) is 0 Å². The molecule has 1 aromatic carbocycles. The van der Waals surface area contributed by atoms with Crippen LogP contribution in [0.1, 0.15) is 23.7 Å². The number of nitrogens with two attached hydrogens (primary N) is 2. The lowest BCUT2D eigenvalue weighted by atomic mass is 10.2. The molecule has 0 bridgehead atoms. The van der Waals surface area contributed by atoms with Crippen LogP contribution < -0.4 is 11.6 Å². The van der Waals surface area contributed by atoms with Crippen molar-refractivity contribution in [1.82, 2.24) is 5.01 Å². The number of benzene rings is 1. The average molecular weight is 234 g/mol. The van der Waals surface area contributed by atoms with Crippen molar-refractivity contribution in [3.8, 4) is 0 Å². The van der Waals surface area contributed by atoms with Gasteiger partial charge in [-0.1, -0.05) is 13.0 Å². The Balaban J connectivity index is 2.91. The molecule has 0 spiro atoms. The van der Waals surface area contributed by atoms with E-state index < -0.39 is 17.6 Å². The molecule has 1 rings (SSSR count). The Bertz CT molecular complexity index is 471. The van der Waals surface area contributed by atoms with Crippen LogP contribution >= 0.6 is 0 Å². The van der Waals surface area contributed by atoms with Crippen molar-refractivity contribution < 1.29 is 14.4 Å². The van der Waals surface area contributed by atoms with E-state index in [4.69, 9.17) is 11.6 Å². The molecule has 1 radical (unpaired) electrons. The van der Waals surface area contributed by atoms with Gasteiger partial charge in [-0.25, -0.2) is 10.9 Å². The summed E-state index contributed by atoms with van der Waals surface area (Å²) in [6.45, 7) is 1.51. The van der Waals surface area contributed by atoms with Gasteiger partial charge in [-0.05, 0) is 18.2 Å². The van der Waals surface area contributed by atoms with Crippen LogP contribution in [-0.2, 0) is 9.59 Å². The highest BCUT2D eigenvalue weighted by atomic mass is 16.2. The molecule has 6 nitrogen and oxygen atoms in total. The minimum Gasteiger partial charge on any atom is -0.399 e. The monoisotopic (exact) mass is 234 g/mol. The van der Waals surface area contributed by atoms with Gasteiger partial charge in [0.05, 0.1) is 5.56 Å². The largest absolute Gasteiger partial charge is 0.399 e. The van der Waals surface area contributed by atoms with Gasteiger partial charge in [-0.15, -0.1) is 0 Å². The van der Waals surface area contributed by atoms with Crippen LogP contribution in [-0.4, -0.2) is 22.6 Å². The Hall–Kier alpha value is -2.21. The molecule has 0 saturated carbocycles. The molecule has 2 amide bonds. The summed E-state index contributed by atoms with van der Waals surface area (Å²) in [5.74, 6) is 2.68. The maximum atomic E-state index is 11.7. The lowest BCUT2D eigenvalue weighted by Gasteiger charge is -2.13. The fourth-order valence-electron chi connectivity index (χ4n) is 1.12. The van der Waals surface area contributed by atoms with Crippen LogP contribution in [0.3, 0.4) is 0 Å². The number of amides is 2. The second kappa shape index (κ2) is 5.22. The molecule has 0 aliphatic carbocycles. The number of hydrazine groups is 1. The molecule has 1 aromatic rings. The second-order valence-corrected chi connectivity index (χ2v) is 3.29. The topological polar surface area (TPSA) is 106 Å². The van der Waals surface area contributed by atoms with Crippen molar-refractivity contribution in [2.24, 2.45) is 5.84 Å². The molecule has 0 unspecified atom stereocenters. The fourth-order valence-corrected chi connectivity index (χ4v) is 1.12. The first-order valence-corrected chi connectivity index (χ1v) is 4.91. The first-order valence-electron chi connectivity index (χ1n) is 4.91. The van der Waals surface area contributed by atoms with Gasteiger partial charge in [-0.3, -0.25) is 14.4 Å². The highest BCUT2D eigenvalue weighted by Gasteiger charge is 2.24. The number of hydrogen-bond donors (Lipinski definition) is 2. The summed E-state index contributed by atoms with van der Waals surface area (Å²) in [6, 6.07) is 6.88. The summed E-state index contributed by atoms with van der Waals surface area (Å²) in [4.78, 5) is 34.2. The van der Waals surface area contributed by atoms with Crippen LogP contribution in [0, 0.1) is 6.07 Å². The fraction of sp³-hybridized carbons (Fsp3) is 0.182. The Morgan fingerprint density at radius 3 is 2.59 bits per heavy atom. The number of hydrogen-bond acceptors (Lipinski definition) is 5. The lowest BCUT2D eigenvalue weighted by molar-refractivity contribution is -0.142. The van der Waals surface area contributed by atoms with E-state index in [1.807, 2.05) is 0 Å². The standard InChI is InChI=1S/C11H12N3O3/c1-2-9(15)11(17)14(13)10(16)7-4-3-5-8(12)6-7/h3,5-6H,2,12-13H2,1H3. The maximum Gasteiger partial charge on any atom is 0.311 e. The summed E-state index contributed by atoms with van der Waals surface area (Å²) >= 11 is 0. The van der Waals surface area contributed by atoms with Gasteiger partial charge >= 0.3 is 5.91 Å².